The van der Waals surface area contributed by atoms with E-state index >= 15 is 0 Å². The Hall–Kier alpha value is -1.65. The molecule has 2 rings (SSSR count). The molecular weight excluding hydrogens is 238 g/mol. The molecule has 1 aromatic rings. The molecule has 0 radical (unpaired) electrons. The number of nitrogens with one attached hydrogen (secondary N) is 1. The first-order valence-electron chi connectivity index (χ1n) is 6.09. The monoisotopic (exact) mass is 254 g/mol. The highest BCUT2D eigenvalue weighted by Gasteiger charge is 2.38. The predicted octanol–water partition coefficient (Wildman–Crippen LogP) is 2.47. The summed E-state index contributed by atoms with van der Waals surface area (Å²) in [5, 5.41) is 2.64. The van der Waals surface area contributed by atoms with Crippen molar-refractivity contribution in [2.45, 2.75) is 32.2 Å². The first kappa shape index (κ1) is 12.8. The zero-order valence-electron chi connectivity index (χ0n) is 10.2. The molecule has 2 atom stereocenters. The van der Waals surface area contributed by atoms with Crippen LogP contribution < -0.4 is 11.1 Å². The number of hydrogen-bond acceptors (Lipinski definition) is 2. The lowest BCUT2D eigenvalue weighted by Crippen LogP contribution is -2.29. The molecule has 1 aromatic carbocycles. The van der Waals surface area contributed by atoms with Gasteiger partial charge in [-0.25, -0.2) is 8.78 Å². The summed E-state index contributed by atoms with van der Waals surface area (Å²) < 4.78 is 27.0. The molecule has 3 nitrogen and oxygen atoms in total. The third-order valence-electron chi connectivity index (χ3n) is 3.25. The number of carbonyl (C=O) groups excluding carboxylic acids is 1. The van der Waals surface area contributed by atoms with E-state index in [1.165, 1.54) is 0 Å². The molecule has 1 aliphatic rings. The number of hydrogen-bond donors (Lipinski definition) is 2. The maximum atomic E-state index is 13.6. The standard InChI is InChI=1S/C13H16F2N2O/c1-2-3-7-6-10(7)17-13(18)11-8(14)4-5-9(16)12(11)15/h4-5,7,10H,2-3,6,16H2,1H3,(H,17,18). The molecule has 3 N–H and O–H groups in total. The van der Waals surface area contributed by atoms with Gasteiger partial charge in [0.2, 0.25) is 0 Å². The second-order valence-electron chi connectivity index (χ2n) is 4.69. The van der Waals surface area contributed by atoms with Gasteiger partial charge in [0.25, 0.3) is 5.91 Å². The Kier molecular flexibility index (Phi) is 3.50. The molecule has 98 valence electrons. The largest absolute Gasteiger partial charge is 0.396 e. The highest BCUT2D eigenvalue weighted by Crippen LogP contribution is 2.35. The summed E-state index contributed by atoms with van der Waals surface area (Å²) >= 11 is 0. The highest BCUT2D eigenvalue weighted by molar-refractivity contribution is 5.96. The van der Waals surface area contributed by atoms with E-state index in [-0.39, 0.29) is 11.7 Å². The van der Waals surface area contributed by atoms with E-state index in [4.69, 9.17) is 5.73 Å². The zero-order chi connectivity index (χ0) is 13.3. The van der Waals surface area contributed by atoms with Crippen LogP contribution in [-0.2, 0) is 0 Å². The van der Waals surface area contributed by atoms with Crippen LogP contribution >= 0.6 is 0 Å². The summed E-state index contributed by atoms with van der Waals surface area (Å²) in [6, 6.07) is 2.15. The fourth-order valence-corrected chi connectivity index (χ4v) is 2.13. The molecule has 1 amide bonds. The minimum atomic E-state index is -0.986. The van der Waals surface area contributed by atoms with Gasteiger partial charge < -0.3 is 11.1 Å². The van der Waals surface area contributed by atoms with Gasteiger partial charge in [0.15, 0.2) is 5.82 Å². The molecule has 0 bridgehead atoms. The van der Waals surface area contributed by atoms with Crippen LogP contribution in [0, 0.1) is 17.6 Å². The van der Waals surface area contributed by atoms with Gasteiger partial charge in [-0.3, -0.25) is 4.79 Å². The van der Waals surface area contributed by atoms with Gasteiger partial charge >= 0.3 is 0 Å². The molecule has 18 heavy (non-hydrogen) atoms. The second-order valence-corrected chi connectivity index (χ2v) is 4.69. The number of rotatable bonds is 4. The molecule has 2 unspecified atom stereocenters. The van der Waals surface area contributed by atoms with Crippen molar-refractivity contribution in [3.8, 4) is 0 Å². The number of amides is 1. The summed E-state index contributed by atoms with van der Waals surface area (Å²) in [6.45, 7) is 2.06. The molecule has 5 heteroatoms. The number of nitrogen functional groups attached to an aromatic ring is 1. The minimum Gasteiger partial charge on any atom is -0.396 e. The van der Waals surface area contributed by atoms with Crippen molar-refractivity contribution in [2.75, 3.05) is 5.73 Å². The van der Waals surface area contributed by atoms with Crippen molar-refractivity contribution in [3.05, 3.63) is 29.3 Å². The number of benzene rings is 1. The van der Waals surface area contributed by atoms with Crippen LogP contribution in [0.25, 0.3) is 0 Å². The molecular formula is C13H16F2N2O. The second kappa shape index (κ2) is 4.92. The predicted molar refractivity (Wildman–Crippen MR) is 65.0 cm³/mol. The number of carbonyl (C=O) groups is 1. The molecule has 0 aromatic heterocycles. The summed E-state index contributed by atoms with van der Waals surface area (Å²) in [5.41, 5.74) is 4.52. The Labute approximate surface area is 104 Å². The maximum Gasteiger partial charge on any atom is 0.257 e. The average Bonchev–Trinajstić information content (AvgIpc) is 3.03. The van der Waals surface area contributed by atoms with Crippen molar-refractivity contribution >= 4 is 11.6 Å². The van der Waals surface area contributed by atoms with E-state index in [0.717, 1.165) is 31.4 Å². The number of halogens is 2. The van der Waals surface area contributed by atoms with Crippen molar-refractivity contribution in [1.82, 2.24) is 5.32 Å². The van der Waals surface area contributed by atoms with Gasteiger partial charge in [-0.2, -0.15) is 0 Å². The summed E-state index contributed by atoms with van der Waals surface area (Å²) in [7, 11) is 0. The molecule has 1 fully saturated rings. The van der Waals surface area contributed by atoms with Crippen molar-refractivity contribution < 1.29 is 13.6 Å². The molecule has 0 saturated heterocycles. The van der Waals surface area contributed by atoms with Crippen molar-refractivity contribution in [2.24, 2.45) is 5.92 Å². The van der Waals surface area contributed by atoms with Gasteiger partial charge in [0.05, 0.1) is 5.69 Å². The Morgan fingerprint density at radius 3 is 2.89 bits per heavy atom. The molecule has 0 aliphatic heterocycles. The Morgan fingerprint density at radius 2 is 2.22 bits per heavy atom. The van der Waals surface area contributed by atoms with Crippen LogP contribution in [0.3, 0.4) is 0 Å². The third-order valence-corrected chi connectivity index (χ3v) is 3.25. The molecule has 1 aliphatic carbocycles. The van der Waals surface area contributed by atoms with Crippen LogP contribution in [0.1, 0.15) is 36.5 Å². The topological polar surface area (TPSA) is 55.1 Å². The Balaban J connectivity index is 2.08. The Morgan fingerprint density at radius 1 is 1.50 bits per heavy atom. The van der Waals surface area contributed by atoms with E-state index in [2.05, 4.69) is 12.2 Å². The highest BCUT2D eigenvalue weighted by atomic mass is 19.1. The minimum absolute atomic E-state index is 0.0395. The van der Waals surface area contributed by atoms with Crippen molar-refractivity contribution in [1.29, 1.82) is 0 Å². The average molecular weight is 254 g/mol. The zero-order valence-corrected chi connectivity index (χ0v) is 10.2. The SMILES string of the molecule is CCCC1CC1NC(=O)c1c(F)ccc(N)c1F. The fourth-order valence-electron chi connectivity index (χ4n) is 2.13. The quantitative estimate of drug-likeness (QED) is 0.811. The van der Waals surface area contributed by atoms with Crippen LogP contribution in [0.2, 0.25) is 0 Å². The van der Waals surface area contributed by atoms with E-state index < -0.39 is 23.1 Å². The Bertz CT molecular complexity index is 476. The molecule has 1 saturated carbocycles. The van der Waals surface area contributed by atoms with E-state index in [0.29, 0.717) is 5.92 Å². The van der Waals surface area contributed by atoms with E-state index in [9.17, 15) is 13.6 Å². The lowest BCUT2D eigenvalue weighted by atomic mass is 10.1. The smallest absolute Gasteiger partial charge is 0.257 e. The summed E-state index contributed by atoms with van der Waals surface area (Å²) in [5.74, 6) is -2.15. The van der Waals surface area contributed by atoms with Crippen LogP contribution in [-0.4, -0.2) is 11.9 Å². The van der Waals surface area contributed by atoms with Gasteiger partial charge in [-0.1, -0.05) is 13.3 Å². The van der Waals surface area contributed by atoms with Crippen LogP contribution in [0.4, 0.5) is 14.5 Å². The van der Waals surface area contributed by atoms with Crippen LogP contribution in [0.5, 0.6) is 0 Å². The lowest BCUT2D eigenvalue weighted by Gasteiger charge is -2.08. The van der Waals surface area contributed by atoms with Gasteiger partial charge in [0.1, 0.15) is 11.4 Å². The first-order valence-corrected chi connectivity index (χ1v) is 6.09. The van der Waals surface area contributed by atoms with Gasteiger partial charge in [-0.15, -0.1) is 0 Å². The van der Waals surface area contributed by atoms with E-state index in [1.54, 1.807) is 0 Å². The number of anilines is 1. The number of nitrogens with two attached hydrogens (primary N) is 1. The van der Waals surface area contributed by atoms with Crippen molar-refractivity contribution in [3.63, 3.8) is 0 Å². The molecule has 0 spiro atoms. The first-order chi connectivity index (χ1) is 8.54. The maximum absolute atomic E-state index is 13.6. The summed E-state index contributed by atoms with van der Waals surface area (Å²) in [4.78, 5) is 11.8. The molecule has 0 heterocycles. The third kappa shape index (κ3) is 2.44. The lowest BCUT2D eigenvalue weighted by molar-refractivity contribution is 0.0940. The van der Waals surface area contributed by atoms with E-state index in [1.807, 2.05) is 0 Å². The van der Waals surface area contributed by atoms with Crippen LogP contribution in [0.15, 0.2) is 12.1 Å². The van der Waals surface area contributed by atoms with Gasteiger partial charge in [0, 0.05) is 6.04 Å². The summed E-state index contributed by atoms with van der Waals surface area (Å²) in [6.07, 6.45) is 2.94. The van der Waals surface area contributed by atoms with Gasteiger partial charge in [-0.05, 0) is 30.9 Å². The fraction of sp³-hybridized carbons (Fsp3) is 0.462. The normalized spacial score (nSPS) is 21.7.